The summed E-state index contributed by atoms with van der Waals surface area (Å²) in [5.41, 5.74) is 0.300. The Morgan fingerprint density at radius 2 is 1.85 bits per heavy atom. The Morgan fingerprint density at radius 1 is 1.20 bits per heavy atom. The van der Waals surface area contributed by atoms with Crippen LogP contribution in [-0.4, -0.2) is 43.2 Å². The summed E-state index contributed by atoms with van der Waals surface area (Å²) in [5, 5.41) is 22.0. The molecule has 0 heterocycles. The number of ether oxygens (including phenoxy) is 2. The average molecular weight is 348 g/mol. The van der Waals surface area contributed by atoms with Crippen LogP contribution in [0.3, 0.4) is 0 Å². The zero-order valence-electron chi connectivity index (χ0n) is 12.1. The van der Waals surface area contributed by atoms with Crippen molar-refractivity contribution in [1.82, 2.24) is 5.32 Å². The largest absolute Gasteiger partial charge is 0.493 e. The Balaban J connectivity index is 2.91. The number of hydrogen-bond acceptors (Lipinski definition) is 5. The van der Waals surface area contributed by atoms with E-state index in [0.717, 1.165) is 10.0 Å². The Hall–Kier alpha value is -0.820. The lowest BCUT2D eigenvalue weighted by Gasteiger charge is -2.30. The van der Waals surface area contributed by atoms with E-state index >= 15 is 0 Å². The molecule has 5 nitrogen and oxygen atoms in total. The molecule has 0 aliphatic carbocycles. The van der Waals surface area contributed by atoms with Gasteiger partial charge in [0.15, 0.2) is 11.5 Å². The Kier molecular flexibility index (Phi) is 6.75. The molecule has 0 aliphatic heterocycles. The highest BCUT2D eigenvalue weighted by Gasteiger charge is 2.25. The maximum absolute atomic E-state index is 9.42. The summed E-state index contributed by atoms with van der Waals surface area (Å²) in [5.74, 6) is 1.27. The first-order valence-electron chi connectivity index (χ1n) is 6.43. The predicted octanol–water partition coefficient (Wildman–Crippen LogP) is 1.69. The van der Waals surface area contributed by atoms with Gasteiger partial charge >= 0.3 is 0 Å². The van der Waals surface area contributed by atoms with Gasteiger partial charge in [0.05, 0.1) is 37.4 Å². The average Bonchev–Trinajstić information content (AvgIpc) is 2.48. The van der Waals surface area contributed by atoms with Gasteiger partial charge in [0.25, 0.3) is 0 Å². The van der Waals surface area contributed by atoms with Crippen molar-refractivity contribution >= 4 is 15.9 Å². The number of aliphatic hydroxyl groups is 2. The standard InChI is InChI=1S/C14H22BrNO4/c1-4-14(8-17,9-18)16-7-10-5-11(15)13(20-3)12(6-10)19-2/h5-6,16-18H,4,7-9H2,1-3H3. The number of methoxy groups -OCH3 is 2. The van der Waals surface area contributed by atoms with E-state index in [1.165, 1.54) is 0 Å². The highest BCUT2D eigenvalue weighted by molar-refractivity contribution is 9.10. The molecule has 0 spiro atoms. The summed E-state index contributed by atoms with van der Waals surface area (Å²) in [7, 11) is 3.17. The van der Waals surface area contributed by atoms with Crippen molar-refractivity contribution in [2.75, 3.05) is 27.4 Å². The van der Waals surface area contributed by atoms with Crippen molar-refractivity contribution in [3.05, 3.63) is 22.2 Å². The topological polar surface area (TPSA) is 71.0 Å². The number of nitrogens with one attached hydrogen (secondary N) is 1. The minimum Gasteiger partial charge on any atom is -0.493 e. The summed E-state index contributed by atoms with van der Waals surface area (Å²) < 4.78 is 11.3. The molecule has 0 aliphatic rings. The summed E-state index contributed by atoms with van der Waals surface area (Å²) in [6, 6.07) is 3.79. The molecular weight excluding hydrogens is 326 g/mol. The summed E-state index contributed by atoms with van der Waals surface area (Å²) in [6.45, 7) is 2.20. The molecule has 1 aromatic rings. The summed E-state index contributed by atoms with van der Waals surface area (Å²) in [6.07, 6.45) is 0.633. The first-order valence-corrected chi connectivity index (χ1v) is 7.22. The molecule has 114 valence electrons. The van der Waals surface area contributed by atoms with Gasteiger partial charge < -0.3 is 25.0 Å². The van der Waals surface area contributed by atoms with Crippen LogP contribution >= 0.6 is 15.9 Å². The normalized spacial score (nSPS) is 11.5. The molecule has 3 N–H and O–H groups in total. The van der Waals surface area contributed by atoms with E-state index in [1.54, 1.807) is 14.2 Å². The first-order chi connectivity index (χ1) is 9.55. The minimum absolute atomic E-state index is 0.117. The van der Waals surface area contributed by atoms with Crippen LogP contribution in [0.25, 0.3) is 0 Å². The number of benzene rings is 1. The molecule has 0 radical (unpaired) electrons. The van der Waals surface area contributed by atoms with Gasteiger partial charge in [0.2, 0.25) is 0 Å². The van der Waals surface area contributed by atoms with Crippen LogP contribution in [0.1, 0.15) is 18.9 Å². The fourth-order valence-corrected chi connectivity index (χ4v) is 2.52. The lowest BCUT2D eigenvalue weighted by Crippen LogP contribution is -2.50. The van der Waals surface area contributed by atoms with E-state index in [9.17, 15) is 10.2 Å². The fraction of sp³-hybridized carbons (Fsp3) is 0.571. The van der Waals surface area contributed by atoms with Gasteiger partial charge in [-0.15, -0.1) is 0 Å². The molecular formula is C14H22BrNO4. The molecule has 1 rings (SSSR count). The Bertz CT molecular complexity index is 427. The van der Waals surface area contributed by atoms with Crippen LogP contribution in [0, 0.1) is 0 Å². The minimum atomic E-state index is -0.667. The lowest BCUT2D eigenvalue weighted by atomic mass is 9.98. The first kappa shape index (κ1) is 17.2. The SMILES string of the molecule is CCC(CO)(CO)NCc1cc(Br)c(OC)c(OC)c1. The zero-order valence-corrected chi connectivity index (χ0v) is 13.7. The van der Waals surface area contributed by atoms with Gasteiger partial charge in [-0.2, -0.15) is 0 Å². The maximum Gasteiger partial charge on any atom is 0.174 e. The second-order valence-corrected chi connectivity index (χ2v) is 5.47. The number of rotatable bonds is 8. The third kappa shape index (κ3) is 3.85. The van der Waals surface area contributed by atoms with Crippen molar-refractivity contribution in [2.45, 2.75) is 25.4 Å². The van der Waals surface area contributed by atoms with Crippen molar-refractivity contribution < 1.29 is 19.7 Å². The molecule has 0 amide bonds. The van der Waals surface area contributed by atoms with E-state index < -0.39 is 5.54 Å². The predicted molar refractivity (Wildman–Crippen MR) is 81.3 cm³/mol. The third-order valence-corrected chi connectivity index (χ3v) is 4.03. The summed E-state index contributed by atoms with van der Waals surface area (Å²) in [4.78, 5) is 0. The van der Waals surface area contributed by atoms with Gasteiger partial charge in [0, 0.05) is 6.54 Å². The Labute approximate surface area is 128 Å². The van der Waals surface area contributed by atoms with Gasteiger partial charge in [-0.1, -0.05) is 6.92 Å². The second-order valence-electron chi connectivity index (χ2n) is 4.62. The monoisotopic (exact) mass is 347 g/mol. The highest BCUT2D eigenvalue weighted by Crippen LogP contribution is 2.36. The lowest BCUT2D eigenvalue weighted by molar-refractivity contribution is 0.0864. The van der Waals surface area contributed by atoms with Gasteiger partial charge in [-0.3, -0.25) is 0 Å². The van der Waals surface area contributed by atoms with Gasteiger partial charge in [-0.25, -0.2) is 0 Å². The molecule has 6 heteroatoms. The van der Waals surface area contributed by atoms with Gasteiger partial charge in [-0.05, 0) is 40.0 Å². The van der Waals surface area contributed by atoms with E-state index in [-0.39, 0.29) is 13.2 Å². The maximum atomic E-state index is 9.42. The van der Waals surface area contributed by atoms with Gasteiger partial charge in [0.1, 0.15) is 0 Å². The van der Waals surface area contributed by atoms with E-state index in [1.807, 2.05) is 19.1 Å². The molecule has 20 heavy (non-hydrogen) atoms. The molecule has 0 saturated heterocycles. The molecule has 0 fully saturated rings. The molecule has 1 aromatic carbocycles. The van der Waals surface area contributed by atoms with Crippen LogP contribution in [-0.2, 0) is 6.54 Å². The van der Waals surface area contributed by atoms with Crippen LogP contribution < -0.4 is 14.8 Å². The van der Waals surface area contributed by atoms with Crippen LogP contribution in [0.15, 0.2) is 16.6 Å². The molecule has 0 aromatic heterocycles. The fourth-order valence-electron chi connectivity index (χ4n) is 1.87. The van der Waals surface area contributed by atoms with E-state index in [4.69, 9.17) is 9.47 Å². The number of halogens is 1. The van der Waals surface area contributed by atoms with Crippen LogP contribution in [0.2, 0.25) is 0 Å². The van der Waals surface area contributed by atoms with Crippen LogP contribution in [0.5, 0.6) is 11.5 Å². The van der Waals surface area contributed by atoms with Crippen LogP contribution in [0.4, 0.5) is 0 Å². The quantitative estimate of drug-likeness (QED) is 0.667. The van der Waals surface area contributed by atoms with E-state index in [2.05, 4.69) is 21.2 Å². The van der Waals surface area contributed by atoms with Crippen molar-refractivity contribution in [3.63, 3.8) is 0 Å². The highest BCUT2D eigenvalue weighted by atomic mass is 79.9. The van der Waals surface area contributed by atoms with E-state index in [0.29, 0.717) is 24.5 Å². The molecule has 0 unspecified atom stereocenters. The molecule has 0 atom stereocenters. The Morgan fingerprint density at radius 3 is 2.30 bits per heavy atom. The summed E-state index contributed by atoms with van der Waals surface area (Å²) >= 11 is 3.44. The molecule has 0 bridgehead atoms. The zero-order chi connectivity index (χ0) is 15.2. The van der Waals surface area contributed by atoms with Crippen molar-refractivity contribution in [1.29, 1.82) is 0 Å². The van der Waals surface area contributed by atoms with Crippen molar-refractivity contribution in [3.8, 4) is 11.5 Å². The smallest absolute Gasteiger partial charge is 0.174 e. The number of aliphatic hydroxyl groups excluding tert-OH is 2. The number of hydrogen-bond donors (Lipinski definition) is 3. The third-order valence-electron chi connectivity index (χ3n) is 3.44. The second kappa shape index (κ2) is 7.83. The molecule has 0 saturated carbocycles. The van der Waals surface area contributed by atoms with Crippen molar-refractivity contribution in [2.24, 2.45) is 0 Å².